The van der Waals surface area contributed by atoms with Crippen LogP contribution in [0.3, 0.4) is 0 Å². The van der Waals surface area contributed by atoms with Gasteiger partial charge in [-0.3, -0.25) is 4.79 Å². The highest BCUT2D eigenvalue weighted by atomic mass is 16.6. The summed E-state index contributed by atoms with van der Waals surface area (Å²) in [5.74, 6) is -0.445. The second-order valence-corrected chi connectivity index (χ2v) is 6.27. The van der Waals surface area contributed by atoms with Crippen LogP contribution in [0.5, 0.6) is 0 Å². The van der Waals surface area contributed by atoms with E-state index in [0.717, 1.165) is 12.0 Å². The van der Waals surface area contributed by atoms with E-state index in [9.17, 15) is 14.7 Å². The van der Waals surface area contributed by atoms with Gasteiger partial charge in [-0.05, 0) is 31.8 Å². The third-order valence-corrected chi connectivity index (χ3v) is 5.16. The highest BCUT2D eigenvalue weighted by Gasteiger charge is 2.56. The summed E-state index contributed by atoms with van der Waals surface area (Å²) in [6.07, 6.45) is 1.53. The first-order chi connectivity index (χ1) is 8.84. The van der Waals surface area contributed by atoms with Gasteiger partial charge in [0, 0.05) is 16.9 Å². The van der Waals surface area contributed by atoms with E-state index in [-0.39, 0.29) is 29.7 Å². The Morgan fingerprint density at radius 1 is 1.47 bits per heavy atom. The number of aliphatic hydroxyl groups is 1. The van der Waals surface area contributed by atoms with Gasteiger partial charge < -0.3 is 9.84 Å². The Kier molecular flexibility index (Phi) is 2.52. The number of ether oxygens (including phenoxy) is 1. The van der Waals surface area contributed by atoms with Crippen LogP contribution in [0.2, 0.25) is 0 Å². The number of hydrogen-bond donors (Lipinski definition) is 1. The molecule has 0 aromatic carbocycles. The fourth-order valence-corrected chi connectivity index (χ4v) is 3.99. The molecule has 1 aliphatic heterocycles. The molecule has 4 heteroatoms. The number of carbonyl (C=O) groups excluding carboxylic acids is 2. The molecule has 5 atom stereocenters. The molecule has 19 heavy (non-hydrogen) atoms. The first-order valence-electron chi connectivity index (χ1n) is 6.64. The van der Waals surface area contributed by atoms with Gasteiger partial charge in [0.1, 0.15) is 12.2 Å². The van der Waals surface area contributed by atoms with E-state index < -0.39 is 11.5 Å². The van der Waals surface area contributed by atoms with Crippen LogP contribution in [0, 0.1) is 17.3 Å². The predicted octanol–water partition coefficient (Wildman–Crippen LogP) is 1.39. The summed E-state index contributed by atoms with van der Waals surface area (Å²) < 4.78 is 5.33. The third kappa shape index (κ3) is 1.56. The van der Waals surface area contributed by atoms with E-state index in [0.29, 0.717) is 12.0 Å². The molecule has 0 amide bonds. The van der Waals surface area contributed by atoms with Crippen LogP contribution in [0.25, 0.3) is 0 Å². The van der Waals surface area contributed by atoms with E-state index in [1.165, 1.54) is 6.08 Å². The molecule has 0 bridgehead atoms. The van der Waals surface area contributed by atoms with Gasteiger partial charge in [0.05, 0.1) is 0 Å². The van der Waals surface area contributed by atoms with E-state index >= 15 is 0 Å². The minimum absolute atomic E-state index is 0.0225. The largest absolute Gasteiger partial charge is 0.458 e. The fraction of sp³-hybridized carbons (Fsp3) is 0.600. The summed E-state index contributed by atoms with van der Waals surface area (Å²) in [6.45, 7) is 7.66. The number of allylic oxidation sites excluding steroid dienone is 1. The molecule has 0 spiro atoms. The summed E-state index contributed by atoms with van der Waals surface area (Å²) in [5, 5.41) is 10.2. The molecule has 3 aliphatic rings. The average Bonchev–Trinajstić information content (AvgIpc) is 2.60. The molecular formula is C15H18O4. The van der Waals surface area contributed by atoms with Gasteiger partial charge in [-0.2, -0.15) is 0 Å². The number of ketones is 1. The Labute approximate surface area is 112 Å². The first kappa shape index (κ1) is 12.6. The van der Waals surface area contributed by atoms with Gasteiger partial charge in [0.25, 0.3) is 0 Å². The molecule has 1 saturated heterocycles. The van der Waals surface area contributed by atoms with Crippen molar-refractivity contribution in [2.45, 2.75) is 38.9 Å². The Hall–Kier alpha value is -1.42. The Balaban J connectivity index is 2.01. The van der Waals surface area contributed by atoms with Gasteiger partial charge in [0.2, 0.25) is 0 Å². The van der Waals surface area contributed by atoms with Gasteiger partial charge in [-0.15, -0.1) is 0 Å². The van der Waals surface area contributed by atoms with Crippen LogP contribution in [0.4, 0.5) is 0 Å². The number of hydrogen-bond acceptors (Lipinski definition) is 4. The zero-order chi connectivity index (χ0) is 13.9. The molecule has 2 aliphatic carbocycles. The van der Waals surface area contributed by atoms with Crippen LogP contribution >= 0.6 is 0 Å². The van der Waals surface area contributed by atoms with E-state index in [2.05, 4.69) is 6.58 Å². The van der Waals surface area contributed by atoms with Crippen molar-refractivity contribution in [2.75, 3.05) is 0 Å². The summed E-state index contributed by atoms with van der Waals surface area (Å²) in [7, 11) is 0. The third-order valence-electron chi connectivity index (χ3n) is 5.16. The van der Waals surface area contributed by atoms with Gasteiger partial charge >= 0.3 is 5.97 Å². The van der Waals surface area contributed by atoms with Crippen molar-refractivity contribution < 1.29 is 19.4 Å². The Morgan fingerprint density at radius 3 is 2.84 bits per heavy atom. The maximum Gasteiger partial charge on any atom is 0.334 e. The molecular weight excluding hydrogens is 244 g/mol. The predicted molar refractivity (Wildman–Crippen MR) is 68.1 cm³/mol. The van der Waals surface area contributed by atoms with Crippen LogP contribution in [0.15, 0.2) is 23.8 Å². The lowest BCUT2D eigenvalue weighted by molar-refractivity contribution is -0.148. The number of aliphatic hydroxyl groups excluding tert-OH is 1. The maximum absolute atomic E-state index is 11.8. The first-order valence-corrected chi connectivity index (χ1v) is 6.64. The molecule has 102 valence electrons. The van der Waals surface area contributed by atoms with Crippen molar-refractivity contribution in [1.29, 1.82) is 0 Å². The second-order valence-electron chi connectivity index (χ2n) is 6.27. The molecule has 0 radical (unpaired) electrons. The molecule has 0 aromatic rings. The van der Waals surface area contributed by atoms with E-state index in [1.54, 1.807) is 0 Å². The quantitative estimate of drug-likeness (QED) is 0.529. The van der Waals surface area contributed by atoms with Crippen LogP contribution < -0.4 is 0 Å². The van der Waals surface area contributed by atoms with Crippen molar-refractivity contribution in [3.63, 3.8) is 0 Å². The van der Waals surface area contributed by atoms with E-state index in [4.69, 9.17) is 4.74 Å². The lowest BCUT2D eigenvalue weighted by Gasteiger charge is -2.49. The minimum atomic E-state index is -1.00. The zero-order valence-corrected chi connectivity index (χ0v) is 11.2. The van der Waals surface area contributed by atoms with Crippen LogP contribution in [-0.4, -0.2) is 29.1 Å². The number of rotatable bonds is 0. The lowest BCUT2D eigenvalue weighted by atomic mass is 9.55. The number of fused-ring (bicyclic) bond motifs is 2. The van der Waals surface area contributed by atoms with Crippen LogP contribution in [0.1, 0.15) is 26.7 Å². The van der Waals surface area contributed by atoms with Crippen molar-refractivity contribution in [2.24, 2.45) is 17.3 Å². The molecule has 3 rings (SSSR count). The zero-order valence-electron chi connectivity index (χ0n) is 11.2. The van der Waals surface area contributed by atoms with Crippen LogP contribution in [-0.2, 0) is 14.3 Å². The standard InChI is InChI=1S/C15H18O4/c1-7-4-11(16)13(17)15(3)6-12-9(5-10(7)15)8(2)14(18)19-12/h4,9-10,12-13,17H,2,5-6H2,1,3H3/t9-,10-,12+,13+,15-/m0/s1. The average molecular weight is 262 g/mol. The highest BCUT2D eigenvalue weighted by molar-refractivity contribution is 5.96. The second kappa shape index (κ2) is 3.79. The van der Waals surface area contributed by atoms with Crippen molar-refractivity contribution >= 4 is 11.8 Å². The van der Waals surface area contributed by atoms with Gasteiger partial charge in [-0.1, -0.05) is 19.1 Å². The number of carbonyl (C=O) groups is 2. The summed E-state index contributed by atoms with van der Waals surface area (Å²) in [5.41, 5.74) is 0.983. The highest BCUT2D eigenvalue weighted by Crippen LogP contribution is 2.54. The summed E-state index contributed by atoms with van der Waals surface area (Å²) in [4.78, 5) is 23.4. The van der Waals surface area contributed by atoms with Gasteiger partial charge in [0.15, 0.2) is 5.78 Å². The number of esters is 1. The fourth-order valence-electron chi connectivity index (χ4n) is 3.99. The lowest BCUT2D eigenvalue weighted by Crippen LogP contribution is -2.53. The molecule has 1 N–H and O–H groups in total. The van der Waals surface area contributed by atoms with Crippen molar-refractivity contribution in [3.05, 3.63) is 23.8 Å². The molecule has 1 saturated carbocycles. The Bertz CT molecular complexity index is 518. The van der Waals surface area contributed by atoms with Gasteiger partial charge in [-0.25, -0.2) is 4.79 Å². The van der Waals surface area contributed by atoms with Crippen molar-refractivity contribution in [1.82, 2.24) is 0 Å². The molecule has 0 unspecified atom stereocenters. The molecule has 2 fully saturated rings. The molecule has 4 nitrogen and oxygen atoms in total. The molecule has 1 heterocycles. The maximum atomic E-state index is 11.8. The molecule has 0 aromatic heterocycles. The SMILES string of the molecule is C=C1C(=O)O[C@@H]2C[C@]3(C)[C@H](O)C(=O)C=C(C)[C@@H]3C[C@@H]12. The summed E-state index contributed by atoms with van der Waals surface area (Å²) in [6, 6.07) is 0. The minimum Gasteiger partial charge on any atom is -0.458 e. The van der Waals surface area contributed by atoms with E-state index in [1.807, 2.05) is 13.8 Å². The topological polar surface area (TPSA) is 63.6 Å². The Morgan fingerprint density at radius 2 is 2.16 bits per heavy atom. The smallest absolute Gasteiger partial charge is 0.334 e. The monoisotopic (exact) mass is 262 g/mol. The normalized spacial score (nSPS) is 45.4. The summed E-state index contributed by atoms with van der Waals surface area (Å²) >= 11 is 0. The van der Waals surface area contributed by atoms with Crippen molar-refractivity contribution in [3.8, 4) is 0 Å².